The predicted octanol–water partition coefficient (Wildman–Crippen LogP) is 1.38. The molecule has 1 aromatic rings. The summed E-state index contributed by atoms with van der Waals surface area (Å²) in [6, 6.07) is 0.328. The second-order valence-corrected chi connectivity index (χ2v) is 6.10. The molecular formula is C14H20ClN5O. The van der Waals surface area contributed by atoms with E-state index in [1.807, 2.05) is 4.90 Å². The maximum absolute atomic E-state index is 12.2. The summed E-state index contributed by atoms with van der Waals surface area (Å²) in [5.41, 5.74) is 0. The molecule has 3 heterocycles. The molecule has 3 rings (SSSR count). The van der Waals surface area contributed by atoms with Crippen LogP contribution in [0.5, 0.6) is 0 Å². The van der Waals surface area contributed by atoms with Crippen LogP contribution in [0, 0.1) is 0 Å². The van der Waals surface area contributed by atoms with E-state index in [1.165, 1.54) is 0 Å². The number of piperidine rings is 1. The lowest BCUT2D eigenvalue weighted by Crippen LogP contribution is -2.48. The molecule has 2 fully saturated rings. The monoisotopic (exact) mass is 309 g/mol. The topological polar surface area (TPSA) is 70.2 Å². The summed E-state index contributed by atoms with van der Waals surface area (Å²) in [7, 11) is 0. The molecule has 21 heavy (non-hydrogen) atoms. The zero-order chi connectivity index (χ0) is 14.7. The summed E-state index contributed by atoms with van der Waals surface area (Å²) in [6.45, 7) is 3.37. The zero-order valence-electron chi connectivity index (χ0n) is 11.9. The fourth-order valence-electron chi connectivity index (χ4n) is 2.92. The van der Waals surface area contributed by atoms with Crippen molar-refractivity contribution in [1.82, 2.24) is 25.5 Å². The van der Waals surface area contributed by atoms with Gasteiger partial charge in [-0.25, -0.2) is 14.8 Å². The quantitative estimate of drug-likeness (QED) is 0.866. The van der Waals surface area contributed by atoms with Crippen molar-refractivity contribution in [3.63, 3.8) is 0 Å². The second kappa shape index (κ2) is 6.58. The van der Waals surface area contributed by atoms with Gasteiger partial charge in [0.2, 0.25) is 0 Å². The smallest absolute Gasteiger partial charge is 0.317 e. The number of aromatic nitrogens is 2. The van der Waals surface area contributed by atoms with Crippen LogP contribution in [-0.4, -0.2) is 53.1 Å². The van der Waals surface area contributed by atoms with Crippen LogP contribution < -0.4 is 10.6 Å². The number of carbonyl (C=O) groups is 1. The number of urea groups is 1. The summed E-state index contributed by atoms with van der Waals surface area (Å²) in [6.07, 6.45) is 6.09. The molecule has 0 radical (unpaired) electrons. The van der Waals surface area contributed by atoms with Gasteiger partial charge in [0.25, 0.3) is 0 Å². The van der Waals surface area contributed by atoms with Crippen LogP contribution in [0.25, 0.3) is 0 Å². The number of nitrogens with one attached hydrogen (secondary N) is 2. The minimum Gasteiger partial charge on any atom is -0.334 e. The molecule has 0 aliphatic carbocycles. The highest BCUT2D eigenvalue weighted by molar-refractivity contribution is 6.30. The highest BCUT2D eigenvalue weighted by atomic mass is 35.5. The van der Waals surface area contributed by atoms with E-state index in [0.717, 1.165) is 51.3 Å². The van der Waals surface area contributed by atoms with Gasteiger partial charge >= 0.3 is 6.03 Å². The van der Waals surface area contributed by atoms with Gasteiger partial charge in [-0.05, 0) is 25.8 Å². The minimum atomic E-state index is 0.0548. The molecule has 1 atom stereocenters. The van der Waals surface area contributed by atoms with Crippen LogP contribution in [0.4, 0.5) is 4.79 Å². The van der Waals surface area contributed by atoms with Gasteiger partial charge < -0.3 is 15.5 Å². The zero-order valence-corrected chi connectivity index (χ0v) is 12.6. The van der Waals surface area contributed by atoms with Gasteiger partial charge in [0.15, 0.2) is 0 Å². The maximum Gasteiger partial charge on any atom is 0.317 e. The molecule has 114 valence electrons. The Hall–Kier alpha value is -1.40. The molecule has 2 aliphatic rings. The molecule has 1 aromatic heterocycles. The molecule has 0 bridgehead atoms. The van der Waals surface area contributed by atoms with Crippen LogP contribution in [0.2, 0.25) is 5.02 Å². The summed E-state index contributed by atoms with van der Waals surface area (Å²) in [4.78, 5) is 22.6. The van der Waals surface area contributed by atoms with Crippen molar-refractivity contribution in [3.05, 3.63) is 23.2 Å². The van der Waals surface area contributed by atoms with Crippen LogP contribution >= 0.6 is 11.6 Å². The highest BCUT2D eigenvalue weighted by Gasteiger charge is 2.27. The third-order valence-corrected chi connectivity index (χ3v) is 4.37. The summed E-state index contributed by atoms with van der Waals surface area (Å²) < 4.78 is 0. The fourth-order valence-corrected chi connectivity index (χ4v) is 3.02. The molecule has 0 spiro atoms. The van der Waals surface area contributed by atoms with E-state index in [2.05, 4.69) is 20.6 Å². The highest BCUT2D eigenvalue weighted by Crippen LogP contribution is 2.25. The van der Waals surface area contributed by atoms with Crippen LogP contribution in [0.1, 0.15) is 31.0 Å². The SMILES string of the molecule is O=C(N[C@H]1CCNC1)N1CCC(c2ncc(Cl)cn2)CC1. The van der Waals surface area contributed by atoms with E-state index < -0.39 is 0 Å². The first kappa shape index (κ1) is 14.5. The minimum absolute atomic E-state index is 0.0548. The van der Waals surface area contributed by atoms with Crippen LogP contribution in [0.3, 0.4) is 0 Å². The molecular weight excluding hydrogens is 290 g/mol. The average Bonchev–Trinajstić information content (AvgIpc) is 3.01. The molecule has 0 unspecified atom stereocenters. The van der Waals surface area contributed by atoms with Crippen LogP contribution in [0.15, 0.2) is 12.4 Å². The lowest BCUT2D eigenvalue weighted by atomic mass is 9.96. The van der Waals surface area contributed by atoms with Gasteiger partial charge in [-0.3, -0.25) is 0 Å². The number of carbonyl (C=O) groups excluding carboxylic acids is 1. The van der Waals surface area contributed by atoms with Crippen molar-refractivity contribution in [2.24, 2.45) is 0 Å². The van der Waals surface area contributed by atoms with E-state index in [1.54, 1.807) is 12.4 Å². The molecule has 2 aliphatic heterocycles. The number of rotatable bonds is 2. The van der Waals surface area contributed by atoms with E-state index in [-0.39, 0.29) is 12.1 Å². The predicted molar refractivity (Wildman–Crippen MR) is 80.4 cm³/mol. The van der Waals surface area contributed by atoms with E-state index in [4.69, 9.17) is 11.6 Å². The van der Waals surface area contributed by atoms with Crippen molar-refractivity contribution in [1.29, 1.82) is 0 Å². The molecule has 0 aromatic carbocycles. The van der Waals surface area contributed by atoms with E-state index in [0.29, 0.717) is 10.9 Å². The van der Waals surface area contributed by atoms with Gasteiger partial charge in [-0.1, -0.05) is 11.6 Å². The largest absolute Gasteiger partial charge is 0.334 e. The van der Waals surface area contributed by atoms with Crippen LogP contribution in [-0.2, 0) is 0 Å². The molecule has 0 saturated carbocycles. The normalized spacial score (nSPS) is 23.3. The Bertz CT molecular complexity index is 481. The third kappa shape index (κ3) is 3.63. The Labute approximate surface area is 129 Å². The summed E-state index contributed by atoms with van der Waals surface area (Å²) in [5, 5.41) is 6.90. The van der Waals surface area contributed by atoms with Crippen molar-refractivity contribution >= 4 is 17.6 Å². The summed E-state index contributed by atoms with van der Waals surface area (Å²) in [5.74, 6) is 1.15. The fraction of sp³-hybridized carbons (Fsp3) is 0.643. The molecule has 6 nitrogen and oxygen atoms in total. The van der Waals surface area contributed by atoms with Gasteiger partial charge in [-0.15, -0.1) is 0 Å². The summed E-state index contributed by atoms with van der Waals surface area (Å²) >= 11 is 5.81. The van der Waals surface area contributed by atoms with Crippen molar-refractivity contribution < 1.29 is 4.79 Å². The molecule has 2 saturated heterocycles. The third-order valence-electron chi connectivity index (χ3n) is 4.18. The number of amides is 2. The Kier molecular flexibility index (Phi) is 4.55. The number of hydrogen-bond acceptors (Lipinski definition) is 4. The van der Waals surface area contributed by atoms with Gasteiger partial charge in [-0.2, -0.15) is 0 Å². The second-order valence-electron chi connectivity index (χ2n) is 5.66. The lowest BCUT2D eigenvalue weighted by Gasteiger charge is -2.32. The van der Waals surface area contributed by atoms with E-state index >= 15 is 0 Å². The van der Waals surface area contributed by atoms with Gasteiger partial charge in [0, 0.05) is 44.0 Å². The molecule has 7 heteroatoms. The lowest BCUT2D eigenvalue weighted by molar-refractivity contribution is 0.177. The molecule has 2 amide bonds. The first-order valence-electron chi connectivity index (χ1n) is 7.46. The standard InChI is InChI=1S/C14H20ClN5O/c15-11-7-17-13(18-8-11)10-2-5-20(6-3-10)14(21)19-12-1-4-16-9-12/h7-8,10,12,16H,1-6,9H2,(H,19,21)/t12-/m0/s1. The number of nitrogens with zero attached hydrogens (tertiary/aromatic N) is 3. The van der Waals surface area contributed by atoms with Crippen molar-refractivity contribution in [2.75, 3.05) is 26.2 Å². The van der Waals surface area contributed by atoms with Crippen molar-refractivity contribution in [3.8, 4) is 0 Å². The molecule has 2 N–H and O–H groups in total. The van der Waals surface area contributed by atoms with Gasteiger partial charge in [0.05, 0.1) is 5.02 Å². The van der Waals surface area contributed by atoms with E-state index in [9.17, 15) is 4.79 Å². The Morgan fingerprint density at radius 2 is 2.00 bits per heavy atom. The number of likely N-dealkylation sites (tertiary alicyclic amines) is 1. The number of halogens is 1. The maximum atomic E-state index is 12.2. The number of hydrogen-bond donors (Lipinski definition) is 2. The first-order chi connectivity index (χ1) is 10.2. The van der Waals surface area contributed by atoms with Crippen molar-refractivity contribution in [2.45, 2.75) is 31.2 Å². The Balaban J connectivity index is 1.50. The Morgan fingerprint density at radius 1 is 1.29 bits per heavy atom. The van der Waals surface area contributed by atoms with Gasteiger partial charge in [0.1, 0.15) is 5.82 Å². The average molecular weight is 310 g/mol. The first-order valence-corrected chi connectivity index (χ1v) is 7.84. The Morgan fingerprint density at radius 3 is 2.62 bits per heavy atom.